The van der Waals surface area contributed by atoms with Gasteiger partial charge in [0, 0.05) is 0 Å². The zero-order valence-corrected chi connectivity index (χ0v) is 9.54. The van der Waals surface area contributed by atoms with E-state index in [0.29, 0.717) is 0 Å². The molecular formula is C11H18O4. The fourth-order valence-corrected chi connectivity index (χ4v) is 1.60. The molecule has 0 heterocycles. The van der Waals surface area contributed by atoms with Crippen molar-refractivity contribution in [1.29, 1.82) is 0 Å². The first-order chi connectivity index (χ1) is 6.88. The molecule has 1 aliphatic carbocycles. The summed E-state index contributed by atoms with van der Waals surface area (Å²) >= 11 is 0. The summed E-state index contributed by atoms with van der Waals surface area (Å²) < 4.78 is 9.50. The molecule has 4 nitrogen and oxygen atoms in total. The summed E-state index contributed by atoms with van der Waals surface area (Å²) in [5.41, 5.74) is -0.618. The summed E-state index contributed by atoms with van der Waals surface area (Å²) in [6, 6.07) is 0. The average Bonchev–Trinajstić information content (AvgIpc) is 2.50. The number of rotatable bonds is 1. The van der Waals surface area contributed by atoms with Crippen LogP contribution in [0.5, 0.6) is 0 Å². The van der Waals surface area contributed by atoms with E-state index in [0.717, 1.165) is 25.7 Å². The summed E-state index contributed by atoms with van der Waals surface area (Å²) in [7, 11) is 0. The number of ether oxygens (including phenoxy) is 2. The zero-order chi connectivity index (χ0) is 11.5. The summed E-state index contributed by atoms with van der Waals surface area (Å²) in [6.07, 6.45) is 2.82. The van der Waals surface area contributed by atoms with Crippen molar-refractivity contribution in [3.8, 4) is 0 Å². The van der Waals surface area contributed by atoms with Crippen molar-refractivity contribution in [3.63, 3.8) is 0 Å². The Balaban J connectivity index is 2.34. The van der Waals surface area contributed by atoms with Crippen LogP contribution in [0.2, 0.25) is 0 Å². The molecule has 0 aromatic rings. The van der Waals surface area contributed by atoms with Crippen LogP contribution in [-0.4, -0.2) is 17.7 Å². The van der Waals surface area contributed by atoms with Crippen LogP contribution in [0.1, 0.15) is 46.5 Å². The molecule has 1 saturated carbocycles. The largest absolute Gasteiger partial charge is 0.516 e. The van der Waals surface area contributed by atoms with Crippen molar-refractivity contribution in [2.24, 2.45) is 5.92 Å². The molecule has 0 unspecified atom stereocenters. The van der Waals surface area contributed by atoms with Gasteiger partial charge in [0.05, 0.1) is 5.92 Å². The predicted octanol–water partition coefficient (Wildman–Crippen LogP) is 2.65. The molecule has 0 atom stereocenters. The van der Waals surface area contributed by atoms with Crippen LogP contribution in [0, 0.1) is 5.92 Å². The van der Waals surface area contributed by atoms with Crippen molar-refractivity contribution in [2.45, 2.75) is 52.1 Å². The monoisotopic (exact) mass is 214 g/mol. The lowest BCUT2D eigenvalue weighted by molar-refractivity contribution is -0.145. The third-order valence-electron chi connectivity index (χ3n) is 2.26. The molecule has 0 radical (unpaired) electrons. The first kappa shape index (κ1) is 12.0. The zero-order valence-electron chi connectivity index (χ0n) is 9.54. The van der Waals surface area contributed by atoms with Gasteiger partial charge in [0.2, 0.25) is 0 Å². The van der Waals surface area contributed by atoms with Crippen LogP contribution in [0.15, 0.2) is 0 Å². The highest BCUT2D eigenvalue weighted by Gasteiger charge is 2.28. The van der Waals surface area contributed by atoms with Gasteiger partial charge in [-0.2, -0.15) is 0 Å². The maximum Gasteiger partial charge on any atom is 0.516 e. The molecule has 1 aliphatic rings. The highest BCUT2D eigenvalue weighted by atomic mass is 16.7. The predicted molar refractivity (Wildman–Crippen MR) is 54.3 cm³/mol. The van der Waals surface area contributed by atoms with Gasteiger partial charge in [-0.15, -0.1) is 0 Å². The molecule has 15 heavy (non-hydrogen) atoms. The lowest BCUT2D eigenvalue weighted by Gasteiger charge is -2.18. The van der Waals surface area contributed by atoms with Gasteiger partial charge in [-0.25, -0.2) is 4.79 Å². The van der Waals surface area contributed by atoms with Gasteiger partial charge in [-0.3, -0.25) is 4.79 Å². The first-order valence-corrected chi connectivity index (χ1v) is 5.33. The molecule has 0 saturated heterocycles. The standard InChI is InChI=1S/C11H18O4/c1-11(2,3)15-10(13)14-9(12)8-6-4-5-7-8/h8H,4-7H2,1-3H3. The van der Waals surface area contributed by atoms with Gasteiger partial charge in [-0.05, 0) is 33.6 Å². The van der Waals surface area contributed by atoms with E-state index in [1.165, 1.54) is 0 Å². The fraction of sp³-hybridized carbons (Fsp3) is 0.818. The van der Waals surface area contributed by atoms with Crippen LogP contribution in [0.4, 0.5) is 4.79 Å². The van der Waals surface area contributed by atoms with Crippen LogP contribution >= 0.6 is 0 Å². The Labute approximate surface area is 89.9 Å². The highest BCUT2D eigenvalue weighted by Crippen LogP contribution is 2.26. The topological polar surface area (TPSA) is 52.6 Å². The van der Waals surface area contributed by atoms with Gasteiger partial charge in [0.1, 0.15) is 5.60 Å². The van der Waals surface area contributed by atoms with Crippen LogP contribution in [-0.2, 0) is 14.3 Å². The summed E-state index contributed by atoms with van der Waals surface area (Å²) in [5, 5.41) is 0. The molecule has 1 fully saturated rings. The number of esters is 1. The van der Waals surface area contributed by atoms with Crippen molar-refractivity contribution < 1.29 is 19.1 Å². The van der Waals surface area contributed by atoms with Crippen molar-refractivity contribution >= 4 is 12.1 Å². The normalized spacial score (nSPS) is 17.5. The summed E-state index contributed by atoms with van der Waals surface area (Å²) in [6.45, 7) is 5.19. The van der Waals surface area contributed by atoms with Crippen molar-refractivity contribution in [2.75, 3.05) is 0 Å². The second-order valence-electron chi connectivity index (χ2n) is 4.87. The average molecular weight is 214 g/mol. The lowest BCUT2D eigenvalue weighted by atomic mass is 10.1. The molecule has 86 valence electrons. The third-order valence-corrected chi connectivity index (χ3v) is 2.26. The number of carbonyl (C=O) groups is 2. The quantitative estimate of drug-likeness (QED) is 0.497. The van der Waals surface area contributed by atoms with E-state index in [1.54, 1.807) is 20.8 Å². The van der Waals surface area contributed by atoms with Gasteiger partial charge >= 0.3 is 12.1 Å². The summed E-state index contributed by atoms with van der Waals surface area (Å²) in [5.74, 6) is -0.556. The van der Waals surface area contributed by atoms with Gasteiger partial charge < -0.3 is 9.47 Å². The molecule has 0 aromatic heterocycles. The van der Waals surface area contributed by atoms with Gasteiger partial charge in [-0.1, -0.05) is 12.8 Å². The Bertz CT molecular complexity index is 246. The lowest BCUT2D eigenvalue weighted by Crippen LogP contribution is -2.27. The molecular weight excluding hydrogens is 196 g/mol. The Hall–Kier alpha value is -1.06. The van der Waals surface area contributed by atoms with E-state index < -0.39 is 17.7 Å². The molecule has 0 amide bonds. The molecule has 0 bridgehead atoms. The second kappa shape index (κ2) is 4.64. The molecule has 1 rings (SSSR count). The third kappa shape index (κ3) is 4.32. The molecule has 0 spiro atoms. The minimum atomic E-state index is -0.889. The first-order valence-electron chi connectivity index (χ1n) is 5.33. The van der Waals surface area contributed by atoms with E-state index >= 15 is 0 Å². The minimum Gasteiger partial charge on any atom is -0.428 e. The Morgan fingerprint density at radius 1 is 1.13 bits per heavy atom. The van der Waals surface area contributed by atoms with E-state index in [-0.39, 0.29) is 5.92 Å². The highest BCUT2D eigenvalue weighted by molar-refractivity contribution is 5.83. The number of hydrogen-bond donors (Lipinski definition) is 0. The van der Waals surface area contributed by atoms with Crippen LogP contribution < -0.4 is 0 Å². The fourth-order valence-electron chi connectivity index (χ4n) is 1.60. The van der Waals surface area contributed by atoms with E-state index in [9.17, 15) is 9.59 Å². The SMILES string of the molecule is CC(C)(C)OC(=O)OC(=O)C1CCCC1. The van der Waals surface area contributed by atoms with Gasteiger partial charge in [0.15, 0.2) is 0 Å². The smallest absolute Gasteiger partial charge is 0.428 e. The Morgan fingerprint density at radius 3 is 2.13 bits per heavy atom. The van der Waals surface area contributed by atoms with Crippen LogP contribution in [0.25, 0.3) is 0 Å². The molecule has 4 heteroatoms. The maximum absolute atomic E-state index is 11.4. The molecule has 0 N–H and O–H groups in total. The van der Waals surface area contributed by atoms with E-state index in [1.807, 2.05) is 0 Å². The van der Waals surface area contributed by atoms with Crippen LogP contribution in [0.3, 0.4) is 0 Å². The maximum atomic E-state index is 11.4. The second-order valence-corrected chi connectivity index (χ2v) is 4.87. The Morgan fingerprint density at radius 2 is 1.67 bits per heavy atom. The van der Waals surface area contributed by atoms with Crippen molar-refractivity contribution in [1.82, 2.24) is 0 Å². The van der Waals surface area contributed by atoms with E-state index in [4.69, 9.17) is 4.74 Å². The number of carbonyl (C=O) groups excluding carboxylic acids is 2. The van der Waals surface area contributed by atoms with Crippen molar-refractivity contribution in [3.05, 3.63) is 0 Å². The van der Waals surface area contributed by atoms with E-state index in [2.05, 4.69) is 4.74 Å². The number of hydrogen-bond acceptors (Lipinski definition) is 4. The Kier molecular flexibility index (Phi) is 3.72. The summed E-state index contributed by atoms with van der Waals surface area (Å²) in [4.78, 5) is 22.6. The minimum absolute atomic E-state index is 0.113. The van der Waals surface area contributed by atoms with Gasteiger partial charge in [0.25, 0.3) is 0 Å². The molecule has 0 aromatic carbocycles. The molecule has 0 aliphatic heterocycles.